The molecule has 1 fully saturated rings. The van der Waals surface area contributed by atoms with E-state index < -0.39 is 0 Å². The maximum absolute atomic E-state index is 4.00. The summed E-state index contributed by atoms with van der Waals surface area (Å²) < 4.78 is 0. The van der Waals surface area contributed by atoms with E-state index in [-0.39, 0.29) is 1.43 Å². The minimum atomic E-state index is 0. The molecule has 0 aliphatic heterocycles. The maximum Gasteiger partial charge on any atom is 0 e. The van der Waals surface area contributed by atoms with Crippen molar-refractivity contribution in [3.05, 3.63) is 0 Å². The fraction of sp³-hybridized carbons (Fsp3) is 0.818. The molecule has 1 rings (SSSR count). The van der Waals surface area contributed by atoms with Crippen LogP contribution in [0.25, 0.3) is 0 Å². The number of hydrogen-bond acceptors (Lipinski definition) is 0. The van der Waals surface area contributed by atoms with Gasteiger partial charge in [0.25, 0.3) is 0 Å². The largest absolute Gasteiger partial charge is 0.124 e. The molecule has 0 aromatic rings. The molecule has 0 spiro atoms. The molecular weight excluding hydrogens is 132 g/mol. The fourth-order valence-electron chi connectivity index (χ4n) is 1.31. The van der Waals surface area contributed by atoms with Gasteiger partial charge in [0.05, 0.1) is 0 Å². The van der Waals surface area contributed by atoms with E-state index in [1.165, 1.54) is 32.1 Å². The van der Waals surface area contributed by atoms with Gasteiger partial charge in [-0.2, -0.15) is 0 Å². The van der Waals surface area contributed by atoms with Crippen molar-refractivity contribution in [3.8, 4) is 12.8 Å². The summed E-state index contributed by atoms with van der Waals surface area (Å²) in [5.41, 5.74) is 0. The van der Waals surface area contributed by atoms with Crippen molar-refractivity contribution in [1.29, 1.82) is 0 Å². The minimum Gasteiger partial charge on any atom is -0.124 e. The molecule has 1 aliphatic rings. The summed E-state index contributed by atoms with van der Waals surface area (Å²) in [7, 11) is 0. The first kappa shape index (κ1) is 13.2. The topological polar surface area (TPSA) is 0 Å². The van der Waals surface area contributed by atoms with Crippen molar-refractivity contribution in [1.82, 2.24) is 0 Å². The fourth-order valence-corrected chi connectivity index (χ4v) is 1.31. The van der Waals surface area contributed by atoms with Crippen LogP contribution in [0.15, 0.2) is 0 Å². The highest BCUT2D eigenvalue weighted by Crippen LogP contribution is 2.21. The van der Waals surface area contributed by atoms with Crippen molar-refractivity contribution >= 4 is 0 Å². The molecule has 0 heterocycles. The highest BCUT2D eigenvalue weighted by atomic mass is 14.1. The molecule has 0 aromatic heterocycles. The molecule has 0 nitrogen and oxygen atoms in total. The standard InChI is InChI=1S/C7H14.C2H6.C2H2.H2/c1-7-5-3-2-4-6-7;2*1-2;/h7H,2-6H2,1H3;1-2H3;1-2H;1H. The second-order valence-corrected chi connectivity index (χ2v) is 2.74. The Morgan fingerprint density at radius 1 is 1.00 bits per heavy atom. The Morgan fingerprint density at radius 2 is 1.36 bits per heavy atom. The second kappa shape index (κ2) is 12.3. The summed E-state index contributed by atoms with van der Waals surface area (Å²) >= 11 is 0. The van der Waals surface area contributed by atoms with Gasteiger partial charge in [-0.25, -0.2) is 0 Å². The molecule has 1 saturated carbocycles. The van der Waals surface area contributed by atoms with Gasteiger partial charge in [-0.1, -0.05) is 52.9 Å². The van der Waals surface area contributed by atoms with Crippen LogP contribution in [-0.2, 0) is 0 Å². The molecule has 1 aliphatic carbocycles. The Kier molecular flexibility index (Phi) is 14.7. The Balaban J connectivity index is -0.000000144. The lowest BCUT2D eigenvalue weighted by molar-refractivity contribution is 0.385. The molecule has 0 bridgehead atoms. The van der Waals surface area contributed by atoms with E-state index in [1.807, 2.05) is 13.8 Å². The van der Waals surface area contributed by atoms with Crippen LogP contribution in [0.2, 0.25) is 0 Å². The summed E-state index contributed by atoms with van der Waals surface area (Å²) in [6, 6.07) is 0. The smallest absolute Gasteiger partial charge is 0 e. The average molecular weight is 156 g/mol. The molecule has 0 radical (unpaired) electrons. The SMILES string of the molecule is C#C.CC.CC1CCCCC1.[HH]. The predicted molar refractivity (Wildman–Crippen MR) is 55.6 cm³/mol. The van der Waals surface area contributed by atoms with Gasteiger partial charge in [-0.3, -0.25) is 0 Å². The van der Waals surface area contributed by atoms with E-state index >= 15 is 0 Å². The van der Waals surface area contributed by atoms with Crippen molar-refractivity contribution in [2.24, 2.45) is 5.92 Å². The molecule has 0 unspecified atom stereocenters. The van der Waals surface area contributed by atoms with Gasteiger partial charge < -0.3 is 0 Å². The highest BCUT2D eigenvalue weighted by Gasteiger charge is 2.05. The van der Waals surface area contributed by atoms with Crippen LogP contribution >= 0.6 is 0 Å². The third kappa shape index (κ3) is 9.56. The van der Waals surface area contributed by atoms with Crippen LogP contribution < -0.4 is 0 Å². The number of terminal acetylenes is 1. The van der Waals surface area contributed by atoms with E-state index in [0.29, 0.717) is 0 Å². The summed E-state index contributed by atoms with van der Waals surface area (Å²) in [6.07, 6.45) is 15.4. The molecule has 0 saturated heterocycles. The summed E-state index contributed by atoms with van der Waals surface area (Å²) in [6.45, 7) is 6.36. The zero-order chi connectivity index (χ0) is 9.11. The normalized spacial score (nSPS) is 16.8. The van der Waals surface area contributed by atoms with E-state index in [9.17, 15) is 0 Å². The van der Waals surface area contributed by atoms with Gasteiger partial charge in [0, 0.05) is 1.43 Å². The first-order valence-electron chi connectivity index (χ1n) is 4.73. The first-order valence-corrected chi connectivity index (χ1v) is 4.73. The molecule has 11 heavy (non-hydrogen) atoms. The van der Waals surface area contributed by atoms with Gasteiger partial charge >= 0.3 is 0 Å². The molecular formula is C11H24. The van der Waals surface area contributed by atoms with E-state index in [0.717, 1.165) is 5.92 Å². The van der Waals surface area contributed by atoms with Crippen LogP contribution in [0.5, 0.6) is 0 Å². The Morgan fingerprint density at radius 3 is 1.55 bits per heavy atom. The molecule has 0 N–H and O–H groups in total. The molecule has 0 atom stereocenters. The van der Waals surface area contributed by atoms with E-state index in [4.69, 9.17) is 0 Å². The summed E-state index contributed by atoms with van der Waals surface area (Å²) in [4.78, 5) is 0. The zero-order valence-electron chi connectivity index (χ0n) is 8.27. The number of rotatable bonds is 0. The van der Waals surface area contributed by atoms with Crippen molar-refractivity contribution in [2.75, 3.05) is 0 Å². The average Bonchev–Trinajstić information content (AvgIpc) is 2.13. The Labute approximate surface area is 73.9 Å². The second-order valence-electron chi connectivity index (χ2n) is 2.74. The van der Waals surface area contributed by atoms with Gasteiger partial charge in [0.2, 0.25) is 0 Å². The minimum absolute atomic E-state index is 0. The van der Waals surface area contributed by atoms with Crippen LogP contribution in [0.4, 0.5) is 0 Å². The Hall–Kier alpha value is -0.440. The summed E-state index contributed by atoms with van der Waals surface area (Å²) in [5.74, 6) is 1.04. The van der Waals surface area contributed by atoms with E-state index in [1.54, 1.807) is 0 Å². The van der Waals surface area contributed by atoms with Crippen LogP contribution in [0.1, 0.15) is 54.3 Å². The van der Waals surface area contributed by atoms with Gasteiger partial charge in [0.15, 0.2) is 0 Å². The summed E-state index contributed by atoms with van der Waals surface area (Å²) in [5, 5.41) is 0. The molecule has 0 heteroatoms. The monoisotopic (exact) mass is 156 g/mol. The lowest BCUT2D eigenvalue weighted by atomic mass is 9.91. The van der Waals surface area contributed by atoms with Gasteiger partial charge in [0.1, 0.15) is 0 Å². The highest BCUT2D eigenvalue weighted by molar-refractivity contribution is 4.59. The maximum atomic E-state index is 4.00. The van der Waals surface area contributed by atoms with Crippen LogP contribution in [0, 0.1) is 18.8 Å². The van der Waals surface area contributed by atoms with Crippen molar-refractivity contribution in [3.63, 3.8) is 0 Å². The van der Waals surface area contributed by atoms with Crippen LogP contribution in [-0.4, -0.2) is 0 Å². The lowest BCUT2D eigenvalue weighted by Gasteiger charge is -2.15. The van der Waals surface area contributed by atoms with Crippen LogP contribution in [0.3, 0.4) is 0 Å². The third-order valence-corrected chi connectivity index (χ3v) is 1.89. The molecule has 68 valence electrons. The predicted octanol–water partition coefficient (Wildman–Crippen LogP) is 4.11. The number of hydrogen-bond donors (Lipinski definition) is 0. The quantitative estimate of drug-likeness (QED) is 0.463. The first-order chi connectivity index (χ1) is 5.39. The van der Waals surface area contributed by atoms with Gasteiger partial charge in [-0.15, -0.1) is 12.8 Å². The third-order valence-electron chi connectivity index (χ3n) is 1.89. The van der Waals surface area contributed by atoms with Crippen molar-refractivity contribution in [2.45, 2.75) is 52.9 Å². The molecule has 0 amide bonds. The Bertz CT molecular complexity index is 70.3. The van der Waals surface area contributed by atoms with E-state index in [2.05, 4.69) is 19.8 Å². The van der Waals surface area contributed by atoms with Gasteiger partial charge in [-0.05, 0) is 5.92 Å². The lowest BCUT2D eigenvalue weighted by Crippen LogP contribution is -1.99. The molecule has 0 aromatic carbocycles. The van der Waals surface area contributed by atoms with Crippen molar-refractivity contribution < 1.29 is 1.43 Å². The zero-order valence-corrected chi connectivity index (χ0v) is 8.27.